The molecule has 6 nitrogen and oxygen atoms in total. The highest BCUT2D eigenvalue weighted by Gasteiger charge is 2.13. The average molecular weight is 304 g/mol. The van der Waals surface area contributed by atoms with Crippen molar-refractivity contribution in [1.29, 1.82) is 5.26 Å². The van der Waals surface area contributed by atoms with Crippen molar-refractivity contribution in [2.24, 2.45) is 0 Å². The molecule has 1 aromatic heterocycles. The number of nitriles is 1. The van der Waals surface area contributed by atoms with Gasteiger partial charge in [-0.25, -0.2) is 4.98 Å². The predicted molar refractivity (Wildman–Crippen MR) is 86.7 cm³/mol. The molecule has 0 saturated heterocycles. The molecular formula is C17H12N4O2. The van der Waals surface area contributed by atoms with E-state index in [1.807, 2.05) is 12.1 Å². The van der Waals surface area contributed by atoms with Gasteiger partial charge >= 0.3 is 0 Å². The lowest BCUT2D eigenvalue weighted by Gasteiger charge is -2.09. The number of carbonyl (C=O) groups excluding carboxylic acids is 1. The van der Waals surface area contributed by atoms with E-state index in [4.69, 9.17) is 5.26 Å². The number of fused-ring (bicyclic) bond motifs is 1. The average Bonchev–Trinajstić information content (AvgIpc) is 2.55. The number of anilines is 1. The Kier molecular flexibility index (Phi) is 3.85. The molecule has 23 heavy (non-hydrogen) atoms. The Morgan fingerprint density at radius 3 is 2.74 bits per heavy atom. The summed E-state index contributed by atoms with van der Waals surface area (Å²) in [7, 11) is 0. The lowest BCUT2D eigenvalue weighted by atomic mass is 10.1. The smallest absolute Gasteiger partial charge is 0.275 e. The van der Waals surface area contributed by atoms with Crippen molar-refractivity contribution < 1.29 is 4.79 Å². The quantitative estimate of drug-likeness (QED) is 0.776. The fourth-order valence-corrected chi connectivity index (χ4v) is 2.28. The molecule has 6 heteroatoms. The van der Waals surface area contributed by atoms with E-state index in [1.54, 1.807) is 42.5 Å². The highest BCUT2D eigenvalue weighted by atomic mass is 16.1. The second-order valence-corrected chi connectivity index (χ2v) is 4.86. The predicted octanol–water partition coefficient (Wildman–Crippen LogP) is 2.44. The van der Waals surface area contributed by atoms with Crippen molar-refractivity contribution in [3.63, 3.8) is 0 Å². The normalized spacial score (nSPS) is 10.2. The maximum atomic E-state index is 12.3. The minimum atomic E-state index is -0.433. The monoisotopic (exact) mass is 304 g/mol. The number of aromatic amines is 1. The van der Waals surface area contributed by atoms with Gasteiger partial charge in [0.15, 0.2) is 0 Å². The number of para-hydroxylation sites is 3. The van der Waals surface area contributed by atoms with Crippen LogP contribution in [0.4, 0.5) is 5.69 Å². The van der Waals surface area contributed by atoms with Crippen LogP contribution < -0.4 is 10.9 Å². The molecule has 0 spiro atoms. The summed E-state index contributed by atoms with van der Waals surface area (Å²) in [6.07, 6.45) is -0.254. The van der Waals surface area contributed by atoms with Gasteiger partial charge in [0.05, 0.1) is 22.8 Å². The summed E-state index contributed by atoms with van der Waals surface area (Å²) in [5, 5.41) is 11.2. The summed E-state index contributed by atoms with van der Waals surface area (Å²) in [6, 6.07) is 15.9. The topological polar surface area (TPSA) is 98.6 Å². The molecule has 1 heterocycles. The van der Waals surface area contributed by atoms with Gasteiger partial charge in [-0.15, -0.1) is 0 Å². The molecule has 1 amide bonds. The van der Waals surface area contributed by atoms with Crippen molar-refractivity contribution >= 4 is 22.6 Å². The van der Waals surface area contributed by atoms with Gasteiger partial charge in [-0.05, 0) is 18.2 Å². The number of carbonyl (C=O) groups is 1. The van der Waals surface area contributed by atoms with E-state index in [-0.39, 0.29) is 17.7 Å². The van der Waals surface area contributed by atoms with Crippen LogP contribution in [0.3, 0.4) is 0 Å². The number of aromatic nitrogens is 2. The van der Waals surface area contributed by atoms with Gasteiger partial charge in [0, 0.05) is 5.56 Å². The van der Waals surface area contributed by atoms with Crippen LogP contribution in [0.5, 0.6) is 0 Å². The summed E-state index contributed by atoms with van der Waals surface area (Å²) in [5.74, 6) is -0.433. The Balaban J connectivity index is 2.12. The molecule has 3 rings (SSSR count). The number of benzene rings is 2. The zero-order chi connectivity index (χ0) is 16.2. The fourth-order valence-electron chi connectivity index (χ4n) is 2.28. The molecule has 0 aliphatic rings. The third-order valence-electron chi connectivity index (χ3n) is 3.30. The van der Waals surface area contributed by atoms with Crippen molar-refractivity contribution in [3.8, 4) is 17.3 Å². The lowest BCUT2D eigenvalue weighted by molar-refractivity contribution is -0.115. The van der Waals surface area contributed by atoms with Crippen molar-refractivity contribution in [3.05, 3.63) is 58.9 Å². The van der Waals surface area contributed by atoms with E-state index in [0.29, 0.717) is 22.3 Å². The van der Waals surface area contributed by atoms with E-state index in [9.17, 15) is 9.59 Å². The van der Waals surface area contributed by atoms with Crippen LogP contribution in [-0.2, 0) is 4.79 Å². The van der Waals surface area contributed by atoms with Crippen molar-refractivity contribution in [2.75, 3.05) is 5.32 Å². The summed E-state index contributed by atoms with van der Waals surface area (Å²) in [6.45, 7) is 0. The van der Waals surface area contributed by atoms with Gasteiger partial charge in [-0.2, -0.15) is 5.26 Å². The van der Waals surface area contributed by atoms with Crippen LogP contribution in [0.1, 0.15) is 6.42 Å². The Morgan fingerprint density at radius 1 is 1.17 bits per heavy atom. The lowest BCUT2D eigenvalue weighted by Crippen LogP contribution is -2.15. The maximum Gasteiger partial charge on any atom is 0.275 e. The standard InChI is InChI=1S/C17H12N4O2/c18-10-9-15(22)19-12-6-2-1-5-11(12)16-17(23)21-14-8-4-3-7-13(14)20-16/h1-8H,9H2,(H,19,22)(H,21,23). The Bertz CT molecular complexity index is 986. The SMILES string of the molecule is N#CCC(=O)Nc1ccccc1-c1nc2ccccc2[nH]c1=O. The first-order chi connectivity index (χ1) is 11.2. The molecule has 0 unspecified atom stereocenters. The maximum absolute atomic E-state index is 12.3. The second-order valence-electron chi connectivity index (χ2n) is 4.86. The third kappa shape index (κ3) is 2.94. The minimum absolute atomic E-state index is 0.219. The van der Waals surface area contributed by atoms with Crippen LogP contribution >= 0.6 is 0 Å². The molecule has 0 radical (unpaired) electrons. The number of H-pyrrole nitrogens is 1. The first-order valence-corrected chi connectivity index (χ1v) is 6.94. The van der Waals surface area contributed by atoms with Crippen molar-refractivity contribution in [1.82, 2.24) is 9.97 Å². The van der Waals surface area contributed by atoms with Crippen LogP contribution in [-0.4, -0.2) is 15.9 Å². The highest BCUT2D eigenvalue weighted by Crippen LogP contribution is 2.25. The first kappa shape index (κ1) is 14.5. The Labute approximate surface area is 131 Å². The number of hydrogen-bond acceptors (Lipinski definition) is 4. The molecule has 2 N–H and O–H groups in total. The molecule has 0 saturated carbocycles. The van der Waals surface area contributed by atoms with Crippen LogP contribution in [0, 0.1) is 11.3 Å². The summed E-state index contributed by atoms with van der Waals surface area (Å²) >= 11 is 0. The zero-order valence-electron chi connectivity index (χ0n) is 12.0. The summed E-state index contributed by atoms with van der Waals surface area (Å²) < 4.78 is 0. The van der Waals surface area contributed by atoms with E-state index >= 15 is 0 Å². The molecule has 0 fully saturated rings. The summed E-state index contributed by atoms with van der Waals surface area (Å²) in [4.78, 5) is 31.1. The molecular weight excluding hydrogens is 292 g/mol. The van der Waals surface area contributed by atoms with Crippen molar-refractivity contribution in [2.45, 2.75) is 6.42 Å². The van der Waals surface area contributed by atoms with Crippen LogP contribution in [0.25, 0.3) is 22.3 Å². The van der Waals surface area contributed by atoms with Gasteiger partial charge in [0.1, 0.15) is 12.1 Å². The minimum Gasteiger partial charge on any atom is -0.325 e. The molecule has 0 atom stereocenters. The van der Waals surface area contributed by atoms with Gasteiger partial charge < -0.3 is 10.3 Å². The number of nitrogens with one attached hydrogen (secondary N) is 2. The van der Waals surface area contributed by atoms with Gasteiger partial charge in [0.2, 0.25) is 5.91 Å². The first-order valence-electron chi connectivity index (χ1n) is 6.94. The number of amides is 1. The Morgan fingerprint density at radius 2 is 1.91 bits per heavy atom. The van der Waals surface area contributed by atoms with E-state index < -0.39 is 5.91 Å². The molecule has 0 bridgehead atoms. The van der Waals surface area contributed by atoms with Gasteiger partial charge in [0.25, 0.3) is 5.56 Å². The van der Waals surface area contributed by atoms with Crippen LogP contribution in [0.2, 0.25) is 0 Å². The number of hydrogen-bond donors (Lipinski definition) is 2. The third-order valence-corrected chi connectivity index (χ3v) is 3.30. The van der Waals surface area contributed by atoms with E-state index in [2.05, 4.69) is 15.3 Å². The molecule has 2 aromatic carbocycles. The van der Waals surface area contributed by atoms with Gasteiger partial charge in [-0.3, -0.25) is 9.59 Å². The highest BCUT2D eigenvalue weighted by molar-refractivity contribution is 5.96. The largest absolute Gasteiger partial charge is 0.325 e. The fraction of sp³-hybridized carbons (Fsp3) is 0.0588. The summed E-state index contributed by atoms with van der Waals surface area (Å²) in [5.41, 5.74) is 2.13. The molecule has 0 aliphatic carbocycles. The molecule has 0 aliphatic heterocycles. The van der Waals surface area contributed by atoms with Gasteiger partial charge in [-0.1, -0.05) is 30.3 Å². The van der Waals surface area contributed by atoms with E-state index in [1.165, 1.54) is 0 Å². The zero-order valence-corrected chi connectivity index (χ0v) is 12.0. The van der Waals surface area contributed by atoms with E-state index in [0.717, 1.165) is 0 Å². The molecule has 112 valence electrons. The second kappa shape index (κ2) is 6.12. The Hall–Kier alpha value is -3.46. The number of rotatable bonds is 3. The molecule has 3 aromatic rings. The number of nitrogens with zero attached hydrogens (tertiary/aromatic N) is 2. The van der Waals surface area contributed by atoms with Crippen LogP contribution in [0.15, 0.2) is 53.3 Å².